The third kappa shape index (κ3) is 2.61. The van der Waals surface area contributed by atoms with Crippen molar-refractivity contribution in [2.24, 2.45) is 0 Å². The fraction of sp³-hybridized carbons (Fsp3) is 0.125. The van der Waals surface area contributed by atoms with Crippen molar-refractivity contribution in [2.45, 2.75) is 0 Å². The lowest BCUT2D eigenvalue weighted by Crippen LogP contribution is -1.99. The number of halogens is 1. The molecule has 0 amide bonds. The van der Waals surface area contributed by atoms with Crippen molar-refractivity contribution in [3.63, 3.8) is 0 Å². The van der Waals surface area contributed by atoms with E-state index in [4.69, 9.17) is 17.3 Å². The maximum absolute atomic E-state index is 10.7. The van der Waals surface area contributed by atoms with Gasteiger partial charge in [-0.05, 0) is 5.92 Å². The Morgan fingerprint density at radius 3 is 3.00 bits per heavy atom. The summed E-state index contributed by atoms with van der Waals surface area (Å²) in [5.41, 5.74) is 5.63. The second kappa shape index (κ2) is 4.44. The van der Waals surface area contributed by atoms with Crippen LogP contribution in [0.5, 0.6) is 0 Å². The number of nitrogen functional groups attached to an aromatic ring is 1. The molecule has 0 saturated carbocycles. The van der Waals surface area contributed by atoms with Crippen molar-refractivity contribution < 1.29 is 9.53 Å². The minimum absolute atomic E-state index is 0.0777. The molecule has 0 atom stereocenters. The van der Waals surface area contributed by atoms with Crippen LogP contribution in [-0.2, 0) is 9.53 Å². The second-order valence-corrected chi connectivity index (χ2v) is 2.56. The number of nitrogens with zero attached hydrogens (tertiary/aromatic N) is 2. The lowest BCUT2D eigenvalue weighted by Gasteiger charge is -1.95. The van der Waals surface area contributed by atoms with E-state index in [2.05, 4.69) is 26.5 Å². The number of aromatic nitrogens is 2. The largest absolute Gasteiger partial charge is 0.459 e. The zero-order valence-corrected chi connectivity index (χ0v) is 8.00. The summed E-state index contributed by atoms with van der Waals surface area (Å²) < 4.78 is 4.31. The Bertz CT molecular complexity index is 422. The average molecular weight is 212 g/mol. The van der Waals surface area contributed by atoms with E-state index in [1.54, 1.807) is 0 Å². The van der Waals surface area contributed by atoms with E-state index in [1.807, 2.05) is 0 Å². The molecular weight excluding hydrogens is 206 g/mol. The fourth-order valence-electron chi connectivity index (χ4n) is 0.638. The highest BCUT2D eigenvalue weighted by Crippen LogP contribution is 2.08. The van der Waals surface area contributed by atoms with Crippen LogP contribution in [0.15, 0.2) is 6.20 Å². The van der Waals surface area contributed by atoms with E-state index in [9.17, 15) is 4.79 Å². The van der Waals surface area contributed by atoms with Gasteiger partial charge in [0, 0.05) is 5.92 Å². The van der Waals surface area contributed by atoms with E-state index < -0.39 is 5.97 Å². The standard InChI is InChI=1S/C8H6ClN3O2/c1-14-7(13)3-2-5-8(10)12-6(9)4-11-5/h4H,1H3,(H2,10,12). The number of ether oxygens (including phenoxy) is 1. The lowest BCUT2D eigenvalue weighted by molar-refractivity contribution is -0.133. The first kappa shape index (κ1) is 10.3. The highest BCUT2D eigenvalue weighted by Gasteiger charge is 2.00. The molecule has 1 aromatic heterocycles. The first-order chi connectivity index (χ1) is 6.63. The van der Waals surface area contributed by atoms with Gasteiger partial charge in [0.1, 0.15) is 5.15 Å². The number of esters is 1. The van der Waals surface area contributed by atoms with E-state index >= 15 is 0 Å². The Morgan fingerprint density at radius 2 is 2.43 bits per heavy atom. The summed E-state index contributed by atoms with van der Waals surface area (Å²) in [4.78, 5) is 18.1. The van der Waals surface area contributed by atoms with Crippen molar-refractivity contribution in [3.05, 3.63) is 17.0 Å². The van der Waals surface area contributed by atoms with Gasteiger partial charge in [-0.15, -0.1) is 0 Å². The Kier molecular flexibility index (Phi) is 3.26. The van der Waals surface area contributed by atoms with Gasteiger partial charge in [0.2, 0.25) is 0 Å². The van der Waals surface area contributed by atoms with Crippen molar-refractivity contribution >= 4 is 23.4 Å². The van der Waals surface area contributed by atoms with Gasteiger partial charge in [-0.2, -0.15) is 0 Å². The summed E-state index contributed by atoms with van der Waals surface area (Å²) in [6.07, 6.45) is 1.29. The third-order valence-corrected chi connectivity index (χ3v) is 1.42. The Balaban J connectivity index is 2.96. The molecule has 1 heterocycles. The zero-order valence-electron chi connectivity index (χ0n) is 7.24. The predicted octanol–water partition coefficient (Wildman–Crippen LogP) is 0.237. The molecule has 0 fully saturated rings. The van der Waals surface area contributed by atoms with Crippen LogP contribution >= 0.6 is 11.6 Å². The molecule has 0 spiro atoms. The fourth-order valence-corrected chi connectivity index (χ4v) is 0.778. The molecule has 1 rings (SSSR count). The molecule has 72 valence electrons. The van der Waals surface area contributed by atoms with Crippen molar-refractivity contribution in [1.82, 2.24) is 9.97 Å². The van der Waals surface area contributed by atoms with Gasteiger partial charge in [0.05, 0.1) is 13.3 Å². The minimum atomic E-state index is -0.666. The monoisotopic (exact) mass is 211 g/mol. The van der Waals surface area contributed by atoms with E-state index in [1.165, 1.54) is 13.3 Å². The van der Waals surface area contributed by atoms with E-state index in [0.29, 0.717) is 0 Å². The molecule has 0 aliphatic heterocycles. The average Bonchev–Trinajstić information content (AvgIpc) is 2.16. The number of hydrogen-bond acceptors (Lipinski definition) is 5. The topological polar surface area (TPSA) is 78.1 Å². The van der Waals surface area contributed by atoms with Gasteiger partial charge in [0.15, 0.2) is 11.5 Å². The summed E-state index contributed by atoms with van der Waals surface area (Å²) >= 11 is 5.51. The number of nitrogens with two attached hydrogens (primary N) is 1. The first-order valence-electron chi connectivity index (χ1n) is 3.51. The first-order valence-corrected chi connectivity index (χ1v) is 3.89. The van der Waals surface area contributed by atoms with Gasteiger partial charge in [-0.25, -0.2) is 14.8 Å². The molecular formula is C8H6ClN3O2. The number of carbonyl (C=O) groups is 1. The zero-order chi connectivity index (χ0) is 10.6. The molecule has 1 aromatic rings. The van der Waals surface area contributed by atoms with Gasteiger partial charge in [0.25, 0.3) is 0 Å². The molecule has 0 saturated heterocycles. The lowest BCUT2D eigenvalue weighted by atomic mass is 10.4. The summed E-state index contributed by atoms with van der Waals surface area (Å²) in [6.45, 7) is 0. The number of hydrogen-bond donors (Lipinski definition) is 1. The molecule has 6 heteroatoms. The number of methoxy groups -OCH3 is 1. The molecule has 2 N–H and O–H groups in total. The van der Waals surface area contributed by atoms with Crippen LogP contribution < -0.4 is 5.73 Å². The minimum Gasteiger partial charge on any atom is -0.459 e. The molecule has 0 radical (unpaired) electrons. The van der Waals surface area contributed by atoms with E-state index in [0.717, 1.165) is 0 Å². The van der Waals surface area contributed by atoms with Crippen LogP contribution in [0.2, 0.25) is 5.15 Å². The summed E-state index contributed by atoms with van der Waals surface area (Å²) in [6, 6.07) is 0. The van der Waals surface area contributed by atoms with Gasteiger partial charge >= 0.3 is 5.97 Å². The molecule has 0 unspecified atom stereocenters. The molecule has 0 aliphatic carbocycles. The van der Waals surface area contributed by atoms with Crippen molar-refractivity contribution in [2.75, 3.05) is 12.8 Å². The maximum Gasteiger partial charge on any atom is 0.384 e. The van der Waals surface area contributed by atoms with Crippen LogP contribution in [0.4, 0.5) is 5.82 Å². The van der Waals surface area contributed by atoms with E-state index in [-0.39, 0.29) is 16.7 Å². The van der Waals surface area contributed by atoms with Crippen LogP contribution in [-0.4, -0.2) is 23.0 Å². The number of carbonyl (C=O) groups excluding carboxylic acids is 1. The van der Waals surface area contributed by atoms with Gasteiger partial charge in [-0.3, -0.25) is 0 Å². The summed E-state index contributed by atoms with van der Waals surface area (Å²) in [5, 5.41) is 0.172. The maximum atomic E-state index is 10.7. The molecule has 0 aliphatic rings. The van der Waals surface area contributed by atoms with Crippen LogP contribution in [0.1, 0.15) is 5.69 Å². The second-order valence-electron chi connectivity index (χ2n) is 2.17. The van der Waals surface area contributed by atoms with Crippen LogP contribution in [0, 0.1) is 11.8 Å². The third-order valence-electron chi connectivity index (χ3n) is 1.24. The number of rotatable bonds is 0. The van der Waals surface area contributed by atoms with Crippen LogP contribution in [0.25, 0.3) is 0 Å². The van der Waals surface area contributed by atoms with Crippen molar-refractivity contribution in [1.29, 1.82) is 0 Å². The number of anilines is 1. The molecule has 0 aromatic carbocycles. The SMILES string of the molecule is COC(=O)C#Cc1ncc(Cl)nc1N. The van der Waals surface area contributed by atoms with Gasteiger partial charge < -0.3 is 10.5 Å². The molecule has 0 bridgehead atoms. The van der Waals surface area contributed by atoms with Gasteiger partial charge in [-0.1, -0.05) is 11.6 Å². The van der Waals surface area contributed by atoms with Crippen molar-refractivity contribution in [3.8, 4) is 11.8 Å². The normalized spacial score (nSPS) is 8.71. The Hall–Kier alpha value is -1.80. The molecule has 14 heavy (non-hydrogen) atoms. The molecule has 5 nitrogen and oxygen atoms in total. The Labute approximate surface area is 85.2 Å². The highest BCUT2D eigenvalue weighted by molar-refractivity contribution is 6.29. The quantitative estimate of drug-likeness (QED) is 0.491. The summed E-state index contributed by atoms with van der Waals surface area (Å²) in [7, 11) is 1.23. The van der Waals surface area contributed by atoms with Crippen LogP contribution in [0.3, 0.4) is 0 Å². The highest BCUT2D eigenvalue weighted by atomic mass is 35.5. The Morgan fingerprint density at radius 1 is 1.71 bits per heavy atom. The predicted molar refractivity (Wildman–Crippen MR) is 50.3 cm³/mol. The smallest absolute Gasteiger partial charge is 0.384 e. The summed E-state index contributed by atoms with van der Waals surface area (Å²) in [5.74, 6) is 3.99.